The van der Waals surface area contributed by atoms with Crippen molar-refractivity contribution in [1.82, 2.24) is 4.90 Å². The zero-order chi connectivity index (χ0) is 10.8. The van der Waals surface area contributed by atoms with Gasteiger partial charge in [-0.05, 0) is 45.0 Å². The van der Waals surface area contributed by atoms with Gasteiger partial charge in [0.05, 0.1) is 6.04 Å². The molecular formula is C12H20N2O. The van der Waals surface area contributed by atoms with Crippen LogP contribution in [0.3, 0.4) is 0 Å². The lowest BCUT2D eigenvalue weighted by Crippen LogP contribution is -2.45. The van der Waals surface area contributed by atoms with Crippen LogP contribution in [-0.2, 0) is 0 Å². The van der Waals surface area contributed by atoms with Crippen LogP contribution >= 0.6 is 0 Å². The Kier molecular flexibility index (Phi) is 3.12. The lowest BCUT2D eigenvalue weighted by molar-refractivity contribution is 0.116. The SMILES string of the molecule is CCN1CCCC(N)C1c1ccc(C)o1. The quantitative estimate of drug-likeness (QED) is 0.809. The van der Waals surface area contributed by atoms with Crippen molar-refractivity contribution in [2.75, 3.05) is 13.1 Å². The van der Waals surface area contributed by atoms with E-state index >= 15 is 0 Å². The number of likely N-dealkylation sites (tertiary alicyclic amines) is 1. The minimum Gasteiger partial charge on any atom is -0.465 e. The summed E-state index contributed by atoms with van der Waals surface area (Å²) in [6, 6.07) is 4.57. The van der Waals surface area contributed by atoms with Gasteiger partial charge < -0.3 is 10.2 Å². The third kappa shape index (κ3) is 2.08. The van der Waals surface area contributed by atoms with Gasteiger partial charge in [0.15, 0.2) is 0 Å². The number of likely N-dealkylation sites (N-methyl/N-ethyl adjacent to an activating group) is 1. The molecule has 3 nitrogen and oxygen atoms in total. The molecule has 0 radical (unpaired) electrons. The molecule has 0 spiro atoms. The molecule has 1 aromatic rings. The molecule has 2 heterocycles. The molecule has 3 heteroatoms. The first-order valence-electron chi connectivity index (χ1n) is 5.78. The topological polar surface area (TPSA) is 42.4 Å². The first-order valence-corrected chi connectivity index (χ1v) is 5.78. The summed E-state index contributed by atoms with van der Waals surface area (Å²) in [5, 5.41) is 0. The van der Waals surface area contributed by atoms with Crippen LogP contribution in [0.1, 0.15) is 37.3 Å². The number of furan rings is 1. The molecular weight excluding hydrogens is 188 g/mol. The number of aryl methyl sites for hydroxylation is 1. The van der Waals surface area contributed by atoms with E-state index in [9.17, 15) is 0 Å². The van der Waals surface area contributed by atoms with Crippen LogP contribution in [0.15, 0.2) is 16.5 Å². The molecule has 0 aliphatic carbocycles. The van der Waals surface area contributed by atoms with Crippen molar-refractivity contribution in [2.45, 2.75) is 38.8 Å². The second-order valence-electron chi connectivity index (χ2n) is 4.33. The van der Waals surface area contributed by atoms with E-state index in [0.29, 0.717) is 0 Å². The van der Waals surface area contributed by atoms with Crippen LogP contribution in [-0.4, -0.2) is 24.0 Å². The molecule has 2 unspecified atom stereocenters. The lowest BCUT2D eigenvalue weighted by Gasteiger charge is -2.37. The normalized spacial score (nSPS) is 28.2. The minimum atomic E-state index is 0.212. The van der Waals surface area contributed by atoms with Crippen LogP contribution < -0.4 is 5.73 Å². The molecule has 2 rings (SSSR count). The number of nitrogens with two attached hydrogens (primary N) is 1. The maximum absolute atomic E-state index is 6.18. The van der Waals surface area contributed by atoms with Crippen LogP contribution in [0, 0.1) is 6.92 Å². The fraction of sp³-hybridized carbons (Fsp3) is 0.667. The van der Waals surface area contributed by atoms with E-state index in [-0.39, 0.29) is 12.1 Å². The van der Waals surface area contributed by atoms with Gasteiger partial charge in [-0.3, -0.25) is 4.90 Å². The standard InChI is InChI=1S/C12H20N2O/c1-3-14-8-4-5-10(13)12(14)11-7-6-9(2)15-11/h6-7,10,12H,3-5,8,13H2,1-2H3. The van der Waals surface area contributed by atoms with Crippen molar-refractivity contribution < 1.29 is 4.42 Å². The maximum Gasteiger partial charge on any atom is 0.122 e. The number of hydrogen-bond acceptors (Lipinski definition) is 3. The molecule has 1 fully saturated rings. The number of piperidine rings is 1. The molecule has 0 bridgehead atoms. The predicted molar refractivity (Wildman–Crippen MR) is 60.6 cm³/mol. The van der Waals surface area contributed by atoms with Gasteiger partial charge in [0.25, 0.3) is 0 Å². The maximum atomic E-state index is 6.18. The zero-order valence-corrected chi connectivity index (χ0v) is 9.57. The predicted octanol–water partition coefficient (Wildman–Crippen LogP) is 2.07. The Morgan fingerprint density at radius 2 is 2.33 bits per heavy atom. The van der Waals surface area contributed by atoms with Crippen LogP contribution in [0.25, 0.3) is 0 Å². The fourth-order valence-corrected chi connectivity index (χ4v) is 2.46. The molecule has 84 valence electrons. The summed E-state index contributed by atoms with van der Waals surface area (Å²) >= 11 is 0. The molecule has 0 amide bonds. The van der Waals surface area contributed by atoms with Gasteiger partial charge in [-0.15, -0.1) is 0 Å². The summed E-state index contributed by atoms with van der Waals surface area (Å²) < 4.78 is 5.70. The van der Waals surface area contributed by atoms with Crippen molar-refractivity contribution in [1.29, 1.82) is 0 Å². The summed E-state index contributed by atoms with van der Waals surface area (Å²) in [7, 11) is 0. The summed E-state index contributed by atoms with van der Waals surface area (Å²) in [6.45, 7) is 6.34. The highest BCUT2D eigenvalue weighted by Crippen LogP contribution is 2.30. The molecule has 2 N–H and O–H groups in total. The first kappa shape index (κ1) is 10.7. The van der Waals surface area contributed by atoms with E-state index in [1.54, 1.807) is 0 Å². The van der Waals surface area contributed by atoms with Gasteiger partial charge >= 0.3 is 0 Å². The van der Waals surface area contributed by atoms with Gasteiger partial charge in [0, 0.05) is 6.04 Å². The second kappa shape index (κ2) is 4.37. The highest BCUT2D eigenvalue weighted by Gasteiger charge is 2.31. The molecule has 1 aliphatic heterocycles. The molecule has 0 saturated carbocycles. The van der Waals surface area contributed by atoms with E-state index in [0.717, 1.165) is 31.0 Å². The lowest BCUT2D eigenvalue weighted by atomic mass is 9.95. The highest BCUT2D eigenvalue weighted by atomic mass is 16.3. The molecule has 1 aliphatic rings. The van der Waals surface area contributed by atoms with Crippen LogP contribution in [0.4, 0.5) is 0 Å². The average molecular weight is 208 g/mol. The van der Waals surface area contributed by atoms with E-state index < -0.39 is 0 Å². The Labute approximate surface area is 91.2 Å². The average Bonchev–Trinajstić information content (AvgIpc) is 2.64. The van der Waals surface area contributed by atoms with Gasteiger partial charge in [0.1, 0.15) is 11.5 Å². The number of hydrogen-bond donors (Lipinski definition) is 1. The van der Waals surface area contributed by atoms with Crippen molar-refractivity contribution >= 4 is 0 Å². The van der Waals surface area contributed by atoms with E-state index in [4.69, 9.17) is 10.2 Å². The van der Waals surface area contributed by atoms with E-state index in [1.165, 1.54) is 6.42 Å². The van der Waals surface area contributed by atoms with Gasteiger partial charge in [0.2, 0.25) is 0 Å². The molecule has 15 heavy (non-hydrogen) atoms. The van der Waals surface area contributed by atoms with Crippen molar-refractivity contribution in [3.63, 3.8) is 0 Å². The summed E-state index contributed by atoms with van der Waals surface area (Å²) in [6.07, 6.45) is 2.30. The third-order valence-corrected chi connectivity index (χ3v) is 3.24. The minimum absolute atomic E-state index is 0.212. The summed E-state index contributed by atoms with van der Waals surface area (Å²) in [4.78, 5) is 2.41. The first-order chi connectivity index (χ1) is 7.22. The third-order valence-electron chi connectivity index (χ3n) is 3.24. The van der Waals surface area contributed by atoms with E-state index in [2.05, 4.69) is 17.9 Å². The Morgan fingerprint density at radius 1 is 1.53 bits per heavy atom. The Bertz CT molecular complexity index is 321. The summed E-state index contributed by atoms with van der Waals surface area (Å²) in [5.41, 5.74) is 6.18. The smallest absolute Gasteiger partial charge is 0.122 e. The number of nitrogens with zero attached hydrogens (tertiary/aromatic N) is 1. The molecule has 2 atom stereocenters. The van der Waals surface area contributed by atoms with Crippen molar-refractivity contribution in [3.8, 4) is 0 Å². The zero-order valence-electron chi connectivity index (χ0n) is 9.57. The Hall–Kier alpha value is -0.800. The Morgan fingerprint density at radius 3 is 2.93 bits per heavy atom. The number of rotatable bonds is 2. The van der Waals surface area contributed by atoms with Crippen molar-refractivity contribution in [3.05, 3.63) is 23.7 Å². The fourth-order valence-electron chi connectivity index (χ4n) is 2.46. The molecule has 1 aromatic heterocycles. The second-order valence-corrected chi connectivity index (χ2v) is 4.33. The van der Waals surface area contributed by atoms with Crippen LogP contribution in [0.2, 0.25) is 0 Å². The van der Waals surface area contributed by atoms with Crippen molar-refractivity contribution in [2.24, 2.45) is 5.73 Å². The molecule has 0 aromatic carbocycles. The van der Waals surface area contributed by atoms with Gasteiger partial charge in [-0.2, -0.15) is 0 Å². The largest absolute Gasteiger partial charge is 0.465 e. The monoisotopic (exact) mass is 208 g/mol. The Balaban J connectivity index is 2.22. The summed E-state index contributed by atoms with van der Waals surface area (Å²) in [5.74, 6) is 2.00. The highest BCUT2D eigenvalue weighted by molar-refractivity contribution is 5.13. The molecule has 1 saturated heterocycles. The van der Waals surface area contributed by atoms with Gasteiger partial charge in [-0.25, -0.2) is 0 Å². The van der Waals surface area contributed by atoms with E-state index in [1.807, 2.05) is 13.0 Å². The van der Waals surface area contributed by atoms with Crippen LogP contribution in [0.5, 0.6) is 0 Å². The van der Waals surface area contributed by atoms with Gasteiger partial charge in [-0.1, -0.05) is 6.92 Å².